The summed E-state index contributed by atoms with van der Waals surface area (Å²) in [5.74, 6) is 3.49. The standard InChI is InChI=1S/C28H32N6O2.C24H30N6O2.C23H29N5O2.2C21H26N4O/c1-19(30-26-24-23(12-9-17-29-24)28(36)34(5)31-26)25(32(2)3)21-13-15-22(16-14-21)27(35)33(4)18-20-10-7-6-8-11-20;1-16(26-22-20-19(8-7-13-25-20)24(32)29(4)27-22)21(28(2)3)17-9-11-18(12-10-17)23(31)30-14-5-6-15-30;1-15(29)8-9-17-10-12-18(13-11-17)21(27(3)4)16(2)25-22-20-19(7-6-14-24-20)23(30)28(5)26-22;2*1-14-10-9-13-17-18(14)20(23-25(5)21(17)26)22-15(2)19(24(3)4)16-11-7-6-8-12-16/h6-17,19,25H,18H2,1-5H3,(H,30,31);7-13,16,21H,5-6,14-15H2,1-4H3,(H,26,27);6-7,10-14,16,21H,8-9H2,1-5H3,(H,25,26);2*6-13,15,19H,1-5H3,(H,22,23)/t19-,25+;2*16-,21+;2*15-,19+/m00010/s1. The van der Waals surface area contributed by atoms with Crippen LogP contribution in [0.5, 0.6) is 0 Å². The smallest absolute Gasteiger partial charge is 0.276 e. The highest BCUT2D eigenvalue weighted by atomic mass is 16.2. The second kappa shape index (κ2) is 50.8. The van der Waals surface area contributed by atoms with Gasteiger partial charge < -0.3 is 65.7 Å². The van der Waals surface area contributed by atoms with Crippen LogP contribution in [0.1, 0.15) is 162 Å². The van der Waals surface area contributed by atoms with Crippen LogP contribution >= 0.6 is 0 Å². The lowest BCUT2D eigenvalue weighted by Gasteiger charge is -2.31. The third-order valence-electron chi connectivity index (χ3n) is 27.3. The van der Waals surface area contributed by atoms with Crippen LogP contribution in [0.3, 0.4) is 0 Å². The van der Waals surface area contributed by atoms with Gasteiger partial charge in [-0.25, -0.2) is 23.4 Å². The molecule has 1 aliphatic heterocycles. The van der Waals surface area contributed by atoms with Gasteiger partial charge in [-0.2, -0.15) is 25.5 Å². The van der Waals surface area contributed by atoms with E-state index in [1.165, 1.54) is 34.5 Å². The number of pyridine rings is 3. The Morgan fingerprint density at radius 3 is 0.920 bits per heavy atom. The summed E-state index contributed by atoms with van der Waals surface area (Å²) in [6.45, 7) is 18.4. The number of hydrogen-bond donors (Lipinski definition) is 5. The fourth-order valence-electron chi connectivity index (χ4n) is 20.2. The molecule has 0 radical (unpaired) electrons. The van der Waals surface area contributed by atoms with Gasteiger partial charge in [0, 0.05) is 139 Å². The first kappa shape index (κ1) is 112. The van der Waals surface area contributed by atoms with Crippen LogP contribution < -0.4 is 54.4 Å². The van der Waals surface area contributed by atoms with E-state index in [9.17, 15) is 38.4 Å². The van der Waals surface area contributed by atoms with Crippen LogP contribution in [-0.2, 0) is 53.0 Å². The molecule has 0 aliphatic carbocycles. The number of ketones is 1. The second-order valence-corrected chi connectivity index (χ2v) is 39.9. The van der Waals surface area contributed by atoms with Gasteiger partial charge in [0.2, 0.25) is 0 Å². The fraction of sp³-hybridized carbons (Fsp3) is 0.350. The number of anilines is 5. The van der Waals surface area contributed by atoms with Gasteiger partial charge >= 0.3 is 0 Å². The molecule has 0 bridgehead atoms. The van der Waals surface area contributed by atoms with Crippen LogP contribution in [0, 0.1) is 13.8 Å². The van der Waals surface area contributed by atoms with Gasteiger partial charge in [0.25, 0.3) is 39.6 Å². The van der Waals surface area contributed by atoms with Crippen LogP contribution in [-0.4, -0.2) is 237 Å². The number of carbonyl (C=O) groups excluding carboxylic acids is 3. The predicted octanol–water partition coefficient (Wildman–Crippen LogP) is 16.0. The molecule has 9 heterocycles. The molecular formula is C117H143N25O8. The third-order valence-corrected chi connectivity index (χ3v) is 27.3. The number of aryl methyl sites for hydroxylation is 8. The Balaban J connectivity index is 0.000000157. The number of benzene rings is 8. The molecule has 8 aromatic carbocycles. The molecule has 0 unspecified atom stereocenters. The highest BCUT2D eigenvalue weighted by Gasteiger charge is 2.32. The lowest BCUT2D eigenvalue weighted by atomic mass is 9.97. The van der Waals surface area contributed by atoms with Crippen molar-refractivity contribution in [1.29, 1.82) is 0 Å². The van der Waals surface area contributed by atoms with E-state index in [0.717, 1.165) is 99.3 Å². The molecule has 1 saturated heterocycles. The zero-order valence-electron chi connectivity index (χ0n) is 90.7. The number of nitrogens with one attached hydrogen (secondary N) is 5. The number of nitrogens with zero attached hydrogens (tertiary/aromatic N) is 20. The number of likely N-dealkylation sites (N-methyl/N-ethyl adjacent to an activating group) is 5. The fourth-order valence-corrected chi connectivity index (χ4v) is 20.2. The van der Waals surface area contributed by atoms with Crippen molar-refractivity contribution in [3.63, 3.8) is 0 Å². The van der Waals surface area contributed by atoms with Crippen molar-refractivity contribution in [2.75, 3.05) is 117 Å². The molecule has 33 nitrogen and oxygen atoms in total. The quantitative estimate of drug-likeness (QED) is 0.0261. The number of likely N-dealkylation sites (tertiary alicyclic amines) is 1. The average Bonchev–Trinajstić information content (AvgIpc) is 0.922. The molecule has 150 heavy (non-hydrogen) atoms. The van der Waals surface area contributed by atoms with Crippen molar-refractivity contribution in [1.82, 2.24) is 98.2 Å². The summed E-state index contributed by atoms with van der Waals surface area (Å²) in [4.78, 5) is 127. The molecule has 1 aliphatic rings. The van der Waals surface area contributed by atoms with Crippen LogP contribution in [0.15, 0.2) is 279 Å². The first-order valence-corrected chi connectivity index (χ1v) is 50.7. The maximum atomic E-state index is 13.0. The lowest BCUT2D eigenvalue weighted by Crippen LogP contribution is -2.35. The van der Waals surface area contributed by atoms with Gasteiger partial charge in [0.1, 0.15) is 22.3 Å². The van der Waals surface area contributed by atoms with Crippen molar-refractivity contribution >= 4 is 101 Å². The van der Waals surface area contributed by atoms with Crippen LogP contribution in [0.25, 0.3) is 54.3 Å². The van der Waals surface area contributed by atoms with E-state index in [4.69, 9.17) is 0 Å². The summed E-state index contributed by atoms with van der Waals surface area (Å²) in [5, 5.41) is 44.6. The van der Waals surface area contributed by atoms with Crippen molar-refractivity contribution in [2.45, 2.75) is 148 Å². The summed E-state index contributed by atoms with van der Waals surface area (Å²) in [7, 11) is 30.6. The zero-order valence-corrected chi connectivity index (χ0v) is 90.7. The first-order chi connectivity index (χ1) is 71.7. The van der Waals surface area contributed by atoms with E-state index in [2.05, 4.69) is 227 Å². The Kier molecular flexibility index (Phi) is 37.8. The number of amides is 2. The number of Topliss-reactive ketones (excluding diaryl/α,β-unsaturated/α-hetero) is 1. The summed E-state index contributed by atoms with van der Waals surface area (Å²) >= 11 is 0. The van der Waals surface area contributed by atoms with E-state index < -0.39 is 0 Å². The maximum Gasteiger partial charge on any atom is 0.276 e. The molecule has 33 heteroatoms. The highest BCUT2D eigenvalue weighted by molar-refractivity contribution is 5.97. The Labute approximate surface area is 877 Å². The van der Waals surface area contributed by atoms with Crippen molar-refractivity contribution < 1.29 is 14.4 Å². The maximum absolute atomic E-state index is 13.0. The number of hydrogen-bond acceptors (Lipinski definition) is 26. The minimum atomic E-state index is -0.182. The van der Waals surface area contributed by atoms with E-state index in [1.54, 1.807) is 102 Å². The van der Waals surface area contributed by atoms with E-state index in [-0.39, 0.29) is 106 Å². The van der Waals surface area contributed by atoms with E-state index in [1.807, 2.05) is 195 Å². The molecule has 2 amide bonds. The molecule has 10 atom stereocenters. The summed E-state index contributed by atoms with van der Waals surface area (Å²) in [6.07, 6.45) is 8.48. The van der Waals surface area contributed by atoms with E-state index >= 15 is 0 Å². The molecule has 784 valence electrons. The Morgan fingerprint density at radius 1 is 0.320 bits per heavy atom. The molecule has 16 aromatic rings. The Bertz CT molecular complexity index is 7510. The van der Waals surface area contributed by atoms with Gasteiger partial charge in [-0.15, -0.1) is 0 Å². The molecule has 0 spiro atoms. The zero-order chi connectivity index (χ0) is 108. The van der Waals surface area contributed by atoms with Gasteiger partial charge in [-0.05, 0) is 268 Å². The summed E-state index contributed by atoms with van der Waals surface area (Å²) in [5.41, 5.74) is 12.5. The lowest BCUT2D eigenvalue weighted by molar-refractivity contribution is -0.117. The Morgan fingerprint density at radius 2 is 0.600 bits per heavy atom. The van der Waals surface area contributed by atoms with E-state index in [0.29, 0.717) is 79.5 Å². The van der Waals surface area contributed by atoms with Crippen LogP contribution in [0.4, 0.5) is 29.1 Å². The topological polar surface area (TPSA) is 347 Å². The second-order valence-electron chi connectivity index (χ2n) is 39.9. The largest absolute Gasteiger partial charge is 0.364 e. The summed E-state index contributed by atoms with van der Waals surface area (Å²) < 4.78 is 6.82. The van der Waals surface area contributed by atoms with Gasteiger partial charge in [-0.1, -0.05) is 164 Å². The molecular weight excluding hydrogens is 1880 g/mol. The summed E-state index contributed by atoms with van der Waals surface area (Å²) in [6, 6.07) is 77.5. The van der Waals surface area contributed by atoms with Gasteiger partial charge in [0.15, 0.2) is 29.1 Å². The third kappa shape index (κ3) is 26.9. The molecule has 1 fully saturated rings. The minimum Gasteiger partial charge on any atom is -0.364 e. The monoisotopic (exact) mass is 2030 g/mol. The SMILES string of the molecule is CC(=O)CCc1ccc([C@@H]([C@H](C)Nc2nn(C)c(=O)c3cccnc23)N(C)C)cc1.C[C@H](Nc1nn(C)c(=O)c2cccnc12)[C@H](c1ccc(C(=O)N(C)Cc2ccccc2)cc1)N(C)C.C[C@H](Nc1nn(C)c(=O)c2cccnc12)[C@H](c1ccc(C(=O)N2CCCC2)cc1)N(C)C.Cc1cccc2c(=O)n(C)nc(N[C@@H](C)[C@H](c3ccccc3)N(C)C)c12.Cc1cccc2c(=O)n(C)nc(N[C@H](C)[C@@H](c3ccccc3)N(C)C)c12. The average molecular weight is 2030 g/mol. The van der Waals surface area contributed by atoms with Crippen LogP contribution in [0.2, 0.25) is 0 Å². The Hall–Kier alpha value is -15.7. The number of carbonyl (C=O) groups is 3. The van der Waals surface area contributed by atoms with Crippen molar-refractivity contribution in [2.24, 2.45) is 35.2 Å². The van der Waals surface area contributed by atoms with Crippen molar-refractivity contribution in [3.05, 3.63) is 368 Å². The minimum absolute atomic E-state index is 0.00159. The number of aromatic nitrogens is 13. The molecule has 5 N–H and O–H groups in total. The van der Waals surface area contributed by atoms with Crippen molar-refractivity contribution in [3.8, 4) is 0 Å². The molecule has 17 rings (SSSR count). The number of fused-ring (bicyclic) bond motifs is 5. The van der Waals surface area contributed by atoms with Gasteiger partial charge in [0.05, 0.1) is 57.1 Å². The normalized spacial score (nSPS) is 13.9. The predicted molar refractivity (Wildman–Crippen MR) is 604 cm³/mol. The molecule has 0 saturated carbocycles. The first-order valence-electron chi connectivity index (χ1n) is 50.7. The highest BCUT2D eigenvalue weighted by Crippen LogP contribution is 2.35. The van der Waals surface area contributed by atoms with Gasteiger partial charge in [-0.3, -0.25) is 48.5 Å². The molecule has 8 aromatic heterocycles. The number of rotatable bonds is 32.